The number of rotatable bonds is 1. The van der Waals surface area contributed by atoms with Crippen LogP contribution in [0.1, 0.15) is 31.9 Å². The molecule has 0 bridgehead atoms. The highest BCUT2D eigenvalue weighted by Gasteiger charge is 2.12. The van der Waals surface area contributed by atoms with E-state index < -0.39 is 0 Å². The monoisotopic (exact) mass is 223 g/mol. The normalized spacial score (nSPS) is 12.8. The number of hydrogen-bond acceptors (Lipinski definition) is 2. The number of nitrogens with one attached hydrogen (secondary N) is 1. The van der Waals surface area contributed by atoms with Gasteiger partial charge in [-0.25, -0.2) is 10.2 Å². The van der Waals surface area contributed by atoms with Crippen LogP contribution in [0.2, 0.25) is 0 Å². The Balaban J connectivity index is 3.19. The number of halogens is 1. The Labute approximate surface area is 95.5 Å². The van der Waals surface area contributed by atoms with Crippen molar-refractivity contribution in [3.63, 3.8) is 0 Å². The first kappa shape index (κ1) is 12.6. The summed E-state index contributed by atoms with van der Waals surface area (Å²) in [5.74, 6) is 5.76. The van der Waals surface area contributed by atoms with Gasteiger partial charge >= 0.3 is 0 Å². The van der Waals surface area contributed by atoms with E-state index in [1.807, 2.05) is 27.7 Å². The summed E-state index contributed by atoms with van der Waals surface area (Å²) in [7, 11) is 0. The molecule has 0 aromatic heterocycles. The highest BCUT2D eigenvalue weighted by Crippen LogP contribution is 2.14. The predicted molar refractivity (Wildman–Crippen MR) is 64.8 cm³/mol. The molecule has 0 saturated carbocycles. The molecule has 1 aromatic carbocycles. The van der Waals surface area contributed by atoms with Gasteiger partial charge in [-0.2, -0.15) is 0 Å². The van der Waals surface area contributed by atoms with Crippen LogP contribution in [0.4, 0.5) is 4.39 Å². The van der Waals surface area contributed by atoms with Gasteiger partial charge in [-0.3, -0.25) is 4.99 Å². The topological polar surface area (TPSA) is 50.4 Å². The molecule has 0 aliphatic carbocycles. The molecule has 0 spiro atoms. The van der Waals surface area contributed by atoms with Crippen molar-refractivity contribution in [1.82, 2.24) is 5.43 Å². The van der Waals surface area contributed by atoms with Gasteiger partial charge in [0.1, 0.15) is 11.7 Å². The highest BCUT2D eigenvalue weighted by atomic mass is 19.1. The minimum Gasteiger partial charge on any atom is -0.308 e. The average Bonchev–Trinajstić information content (AvgIpc) is 2.13. The molecule has 0 radical (unpaired) electrons. The molecule has 4 heteroatoms. The first-order valence-corrected chi connectivity index (χ1v) is 5.16. The molecule has 0 aliphatic heterocycles. The van der Waals surface area contributed by atoms with E-state index in [0.29, 0.717) is 5.84 Å². The number of amidine groups is 1. The summed E-state index contributed by atoms with van der Waals surface area (Å²) >= 11 is 0. The fraction of sp³-hybridized carbons (Fsp3) is 0.417. The molecule has 0 fully saturated rings. The molecule has 0 unspecified atom stereocenters. The van der Waals surface area contributed by atoms with Crippen LogP contribution < -0.4 is 11.3 Å². The zero-order chi connectivity index (χ0) is 12.3. The van der Waals surface area contributed by atoms with Gasteiger partial charge in [-0.15, -0.1) is 0 Å². The Morgan fingerprint density at radius 1 is 1.38 bits per heavy atom. The maximum Gasteiger partial charge on any atom is 0.143 e. The van der Waals surface area contributed by atoms with Crippen molar-refractivity contribution < 1.29 is 4.39 Å². The summed E-state index contributed by atoms with van der Waals surface area (Å²) < 4.78 is 13.0. The van der Waals surface area contributed by atoms with Gasteiger partial charge in [0.05, 0.1) is 5.54 Å². The predicted octanol–water partition coefficient (Wildman–Crippen LogP) is 2.14. The SMILES string of the molecule is Cc1cc(F)ccc1C(=NC(C)(C)C)NN. The Morgan fingerprint density at radius 2 is 2.00 bits per heavy atom. The highest BCUT2D eigenvalue weighted by molar-refractivity contribution is 5.99. The lowest BCUT2D eigenvalue weighted by atomic mass is 10.1. The van der Waals surface area contributed by atoms with Crippen molar-refractivity contribution in [3.8, 4) is 0 Å². The van der Waals surface area contributed by atoms with E-state index in [1.165, 1.54) is 12.1 Å². The summed E-state index contributed by atoms with van der Waals surface area (Å²) in [6, 6.07) is 4.54. The lowest BCUT2D eigenvalue weighted by Crippen LogP contribution is -2.34. The van der Waals surface area contributed by atoms with E-state index in [4.69, 9.17) is 5.84 Å². The molecule has 16 heavy (non-hydrogen) atoms. The van der Waals surface area contributed by atoms with E-state index in [-0.39, 0.29) is 11.4 Å². The maximum absolute atomic E-state index is 13.0. The number of benzene rings is 1. The largest absolute Gasteiger partial charge is 0.308 e. The van der Waals surface area contributed by atoms with Crippen LogP contribution in [0.5, 0.6) is 0 Å². The smallest absolute Gasteiger partial charge is 0.143 e. The van der Waals surface area contributed by atoms with Crippen molar-refractivity contribution >= 4 is 5.84 Å². The molecule has 3 nitrogen and oxygen atoms in total. The van der Waals surface area contributed by atoms with E-state index in [9.17, 15) is 4.39 Å². The van der Waals surface area contributed by atoms with Crippen molar-refractivity contribution in [3.05, 3.63) is 35.1 Å². The van der Waals surface area contributed by atoms with Gasteiger partial charge < -0.3 is 5.43 Å². The number of hydrogen-bond donors (Lipinski definition) is 2. The molecule has 0 heterocycles. The van der Waals surface area contributed by atoms with E-state index in [2.05, 4.69) is 10.4 Å². The Hall–Kier alpha value is -1.42. The van der Waals surface area contributed by atoms with Gasteiger partial charge in [-0.05, 0) is 51.5 Å². The Bertz CT molecular complexity index is 405. The fourth-order valence-electron chi connectivity index (χ4n) is 1.40. The lowest BCUT2D eigenvalue weighted by Gasteiger charge is -2.17. The molecule has 1 aromatic rings. The molecule has 88 valence electrons. The van der Waals surface area contributed by atoms with Gasteiger partial charge in [0.15, 0.2) is 0 Å². The van der Waals surface area contributed by atoms with Gasteiger partial charge in [0, 0.05) is 5.56 Å². The summed E-state index contributed by atoms with van der Waals surface area (Å²) in [6.07, 6.45) is 0. The molecule has 0 saturated heterocycles. The van der Waals surface area contributed by atoms with Crippen molar-refractivity contribution in [2.24, 2.45) is 10.8 Å². The second kappa shape index (κ2) is 4.61. The number of aliphatic imine (C=N–C) groups is 1. The number of nitrogens with two attached hydrogens (primary N) is 1. The van der Waals surface area contributed by atoms with Crippen molar-refractivity contribution in [1.29, 1.82) is 0 Å². The van der Waals surface area contributed by atoms with Gasteiger partial charge in [-0.1, -0.05) is 0 Å². The lowest BCUT2D eigenvalue weighted by molar-refractivity contribution is 0.580. The zero-order valence-corrected chi connectivity index (χ0v) is 10.1. The first-order valence-electron chi connectivity index (χ1n) is 5.16. The molecule has 3 N–H and O–H groups in total. The van der Waals surface area contributed by atoms with Crippen LogP contribution in [0.3, 0.4) is 0 Å². The first-order chi connectivity index (χ1) is 7.33. The maximum atomic E-state index is 13.0. The average molecular weight is 223 g/mol. The summed E-state index contributed by atoms with van der Waals surface area (Å²) in [5, 5.41) is 0. The molecule has 0 atom stereocenters. The van der Waals surface area contributed by atoms with E-state index in [1.54, 1.807) is 6.07 Å². The van der Waals surface area contributed by atoms with Crippen LogP contribution in [-0.2, 0) is 0 Å². The van der Waals surface area contributed by atoms with Crippen molar-refractivity contribution in [2.45, 2.75) is 33.2 Å². The Morgan fingerprint density at radius 3 is 2.44 bits per heavy atom. The number of aryl methyl sites for hydroxylation is 1. The number of hydrazine groups is 1. The van der Waals surface area contributed by atoms with Crippen LogP contribution in [-0.4, -0.2) is 11.4 Å². The molecule has 1 rings (SSSR count). The minimum absolute atomic E-state index is 0.234. The second-order valence-electron chi connectivity index (χ2n) is 4.73. The van der Waals surface area contributed by atoms with E-state index >= 15 is 0 Å². The molecule has 0 amide bonds. The molecular weight excluding hydrogens is 205 g/mol. The number of nitrogens with zero attached hydrogens (tertiary/aromatic N) is 1. The van der Waals surface area contributed by atoms with Crippen LogP contribution in [0, 0.1) is 12.7 Å². The Kier molecular flexibility index (Phi) is 3.65. The quantitative estimate of drug-likeness (QED) is 0.332. The van der Waals surface area contributed by atoms with E-state index in [0.717, 1.165) is 11.1 Å². The molecule has 0 aliphatic rings. The standard InChI is InChI=1S/C12H18FN3/c1-8-7-9(13)5-6-10(8)11(16-14)15-12(2,3)4/h5-7H,14H2,1-4H3,(H,15,16). The molecular formula is C12H18FN3. The minimum atomic E-state index is -0.256. The summed E-state index contributed by atoms with van der Waals surface area (Å²) in [4.78, 5) is 4.45. The van der Waals surface area contributed by atoms with Crippen LogP contribution in [0.25, 0.3) is 0 Å². The van der Waals surface area contributed by atoms with Crippen LogP contribution >= 0.6 is 0 Å². The summed E-state index contributed by atoms with van der Waals surface area (Å²) in [5.41, 5.74) is 3.95. The third kappa shape index (κ3) is 3.31. The van der Waals surface area contributed by atoms with Gasteiger partial charge in [0.2, 0.25) is 0 Å². The zero-order valence-electron chi connectivity index (χ0n) is 10.1. The third-order valence-electron chi connectivity index (χ3n) is 2.03. The van der Waals surface area contributed by atoms with Crippen molar-refractivity contribution in [2.75, 3.05) is 0 Å². The fourth-order valence-corrected chi connectivity index (χ4v) is 1.40. The summed E-state index contributed by atoms with van der Waals surface area (Å²) in [6.45, 7) is 7.75. The third-order valence-corrected chi connectivity index (χ3v) is 2.03. The second-order valence-corrected chi connectivity index (χ2v) is 4.73. The van der Waals surface area contributed by atoms with Gasteiger partial charge in [0.25, 0.3) is 0 Å². The van der Waals surface area contributed by atoms with Crippen LogP contribution in [0.15, 0.2) is 23.2 Å².